The van der Waals surface area contributed by atoms with Crippen molar-refractivity contribution in [2.75, 3.05) is 0 Å². The van der Waals surface area contributed by atoms with Gasteiger partial charge in [-0.3, -0.25) is 0 Å². The largest absolute Gasteiger partial charge is 0.508 e. The van der Waals surface area contributed by atoms with Crippen LogP contribution in [0, 0.1) is 6.92 Å². The van der Waals surface area contributed by atoms with E-state index in [1.165, 1.54) is 22.0 Å². The van der Waals surface area contributed by atoms with E-state index < -0.39 is 0 Å². The van der Waals surface area contributed by atoms with Crippen LogP contribution in [0.1, 0.15) is 16.7 Å². The lowest BCUT2D eigenvalue weighted by Gasteiger charge is -2.04. The molecule has 2 nitrogen and oxygen atoms in total. The highest BCUT2D eigenvalue weighted by Crippen LogP contribution is 2.24. The van der Waals surface area contributed by atoms with Gasteiger partial charge >= 0.3 is 0 Å². The summed E-state index contributed by atoms with van der Waals surface area (Å²) in [5, 5.41) is 10.9. The smallest absolute Gasteiger partial charge is 0.118 e. The number of hydrogen-bond acceptors (Lipinski definition) is 1. The SMILES string of the molecule is Cc1cc(Cc2cn(C)c3ccccc23)ccc1O. The van der Waals surface area contributed by atoms with Gasteiger partial charge in [-0.25, -0.2) is 0 Å². The fraction of sp³-hybridized carbons (Fsp3) is 0.176. The number of fused-ring (bicyclic) bond motifs is 1. The summed E-state index contributed by atoms with van der Waals surface area (Å²) in [6.07, 6.45) is 3.08. The molecule has 0 fully saturated rings. The third-order valence-corrected chi connectivity index (χ3v) is 3.64. The number of hydrogen-bond donors (Lipinski definition) is 1. The zero-order valence-electron chi connectivity index (χ0n) is 11.2. The van der Waals surface area contributed by atoms with Crippen molar-refractivity contribution in [3.8, 4) is 5.75 Å². The molecule has 2 aromatic carbocycles. The highest BCUT2D eigenvalue weighted by atomic mass is 16.3. The van der Waals surface area contributed by atoms with Gasteiger partial charge in [0.05, 0.1) is 0 Å². The summed E-state index contributed by atoms with van der Waals surface area (Å²) < 4.78 is 2.16. The molecule has 19 heavy (non-hydrogen) atoms. The van der Waals surface area contributed by atoms with Crippen LogP contribution < -0.4 is 0 Å². The Bertz CT molecular complexity index is 740. The lowest BCUT2D eigenvalue weighted by molar-refractivity contribution is 0.471. The zero-order valence-corrected chi connectivity index (χ0v) is 11.2. The molecule has 2 heteroatoms. The highest BCUT2D eigenvalue weighted by molar-refractivity contribution is 5.84. The molecule has 3 rings (SSSR count). The number of aromatic nitrogens is 1. The highest BCUT2D eigenvalue weighted by Gasteiger charge is 2.07. The number of phenols is 1. The lowest BCUT2D eigenvalue weighted by atomic mass is 10.0. The van der Waals surface area contributed by atoms with Crippen molar-refractivity contribution >= 4 is 10.9 Å². The molecule has 1 N–H and O–H groups in total. The van der Waals surface area contributed by atoms with Crippen molar-refractivity contribution in [2.24, 2.45) is 7.05 Å². The molecule has 0 saturated carbocycles. The van der Waals surface area contributed by atoms with Crippen LogP contribution in [-0.2, 0) is 13.5 Å². The van der Waals surface area contributed by atoms with Crippen LogP contribution in [0.5, 0.6) is 5.75 Å². The molecular formula is C17H17NO. The summed E-state index contributed by atoms with van der Waals surface area (Å²) in [4.78, 5) is 0. The summed E-state index contributed by atoms with van der Waals surface area (Å²) in [6.45, 7) is 1.93. The Morgan fingerprint density at radius 1 is 1.11 bits per heavy atom. The van der Waals surface area contributed by atoms with E-state index >= 15 is 0 Å². The Balaban J connectivity index is 2.03. The van der Waals surface area contributed by atoms with Crippen LogP contribution in [-0.4, -0.2) is 9.67 Å². The number of rotatable bonds is 2. The third-order valence-electron chi connectivity index (χ3n) is 3.64. The first kappa shape index (κ1) is 11.8. The molecular weight excluding hydrogens is 234 g/mol. The van der Waals surface area contributed by atoms with Gasteiger partial charge in [-0.05, 0) is 42.2 Å². The fourth-order valence-corrected chi connectivity index (χ4v) is 2.61. The van der Waals surface area contributed by atoms with Gasteiger partial charge in [-0.2, -0.15) is 0 Å². The topological polar surface area (TPSA) is 25.2 Å². The fourth-order valence-electron chi connectivity index (χ4n) is 2.61. The normalized spacial score (nSPS) is 11.1. The molecule has 3 aromatic rings. The van der Waals surface area contributed by atoms with Gasteiger partial charge in [0.2, 0.25) is 0 Å². The Kier molecular flexibility index (Phi) is 2.79. The number of aromatic hydroxyl groups is 1. The minimum Gasteiger partial charge on any atom is -0.508 e. The van der Waals surface area contributed by atoms with Crippen molar-refractivity contribution in [3.05, 3.63) is 65.4 Å². The van der Waals surface area contributed by atoms with Crippen LogP contribution in [0.2, 0.25) is 0 Å². The Hall–Kier alpha value is -2.22. The quantitative estimate of drug-likeness (QED) is 0.736. The van der Waals surface area contributed by atoms with E-state index in [2.05, 4.69) is 48.1 Å². The predicted molar refractivity (Wildman–Crippen MR) is 78.6 cm³/mol. The van der Waals surface area contributed by atoms with Crippen molar-refractivity contribution in [1.29, 1.82) is 0 Å². The Labute approximate surface area is 112 Å². The van der Waals surface area contributed by atoms with Gasteiger partial charge in [0.1, 0.15) is 5.75 Å². The van der Waals surface area contributed by atoms with Gasteiger partial charge < -0.3 is 9.67 Å². The van der Waals surface area contributed by atoms with Crippen molar-refractivity contribution < 1.29 is 5.11 Å². The maximum absolute atomic E-state index is 9.58. The molecule has 0 saturated heterocycles. The van der Waals surface area contributed by atoms with E-state index in [1.807, 2.05) is 13.0 Å². The number of phenolic OH excluding ortho intramolecular Hbond substituents is 1. The molecule has 0 bridgehead atoms. The first-order chi connectivity index (χ1) is 9.15. The molecule has 0 spiro atoms. The van der Waals surface area contributed by atoms with E-state index in [9.17, 15) is 5.11 Å². The van der Waals surface area contributed by atoms with E-state index in [0.717, 1.165) is 12.0 Å². The molecule has 0 radical (unpaired) electrons. The molecule has 0 aliphatic heterocycles. The molecule has 0 atom stereocenters. The standard InChI is InChI=1S/C17H17NO/c1-12-9-13(7-8-17(12)19)10-14-11-18(2)16-6-4-3-5-15(14)16/h3-9,11,19H,10H2,1-2H3. The molecule has 0 aliphatic carbocycles. The zero-order chi connectivity index (χ0) is 13.4. The minimum absolute atomic E-state index is 0.363. The Morgan fingerprint density at radius 3 is 2.68 bits per heavy atom. The maximum atomic E-state index is 9.58. The molecule has 1 heterocycles. The summed E-state index contributed by atoms with van der Waals surface area (Å²) in [6, 6.07) is 14.3. The Morgan fingerprint density at radius 2 is 1.89 bits per heavy atom. The van der Waals surface area contributed by atoms with Gasteiger partial charge in [0.15, 0.2) is 0 Å². The first-order valence-corrected chi connectivity index (χ1v) is 6.46. The number of para-hydroxylation sites is 1. The van der Waals surface area contributed by atoms with Crippen LogP contribution >= 0.6 is 0 Å². The molecule has 0 amide bonds. The maximum Gasteiger partial charge on any atom is 0.118 e. The van der Waals surface area contributed by atoms with Gasteiger partial charge in [0.25, 0.3) is 0 Å². The average molecular weight is 251 g/mol. The van der Waals surface area contributed by atoms with Crippen LogP contribution in [0.3, 0.4) is 0 Å². The number of nitrogens with zero attached hydrogens (tertiary/aromatic N) is 1. The first-order valence-electron chi connectivity index (χ1n) is 6.46. The van der Waals surface area contributed by atoms with Gasteiger partial charge in [-0.1, -0.05) is 30.3 Å². The monoisotopic (exact) mass is 251 g/mol. The summed E-state index contributed by atoms with van der Waals surface area (Å²) in [5.74, 6) is 0.363. The second kappa shape index (κ2) is 4.47. The van der Waals surface area contributed by atoms with Crippen molar-refractivity contribution in [3.63, 3.8) is 0 Å². The van der Waals surface area contributed by atoms with Crippen molar-refractivity contribution in [2.45, 2.75) is 13.3 Å². The third kappa shape index (κ3) is 2.10. The molecule has 1 aromatic heterocycles. The summed E-state index contributed by atoms with van der Waals surface area (Å²) in [5.41, 5.74) is 4.74. The average Bonchev–Trinajstić information content (AvgIpc) is 2.72. The van der Waals surface area contributed by atoms with Gasteiger partial charge in [-0.15, -0.1) is 0 Å². The lowest BCUT2D eigenvalue weighted by Crippen LogP contribution is -1.88. The van der Waals surface area contributed by atoms with E-state index in [0.29, 0.717) is 5.75 Å². The van der Waals surface area contributed by atoms with E-state index in [-0.39, 0.29) is 0 Å². The van der Waals surface area contributed by atoms with Crippen LogP contribution in [0.15, 0.2) is 48.7 Å². The summed E-state index contributed by atoms with van der Waals surface area (Å²) >= 11 is 0. The molecule has 0 aliphatic rings. The number of aryl methyl sites for hydroxylation is 2. The molecule has 0 unspecified atom stereocenters. The van der Waals surface area contributed by atoms with E-state index in [4.69, 9.17) is 0 Å². The van der Waals surface area contributed by atoms with Crippen molar-refractivity contribution in [1.82, 2.24) is 4.57 Å². The van der Waals surface area contributed by atoms with E-state index in [1.54, 1.807) is 6.07 Å². The van der Waals surface area contributed by atoms with Crippen LogP contribution in [0.4, 0.5) is 0 Å². The predicted octanol–water partition coefficient (Wildman–Crippen LogP) is 3.78. The second-order valence-corrected chi connectivity index (χ2v) is 5.08. The van der Waals surface area contributed by atoms with Crippen LogP contribution in [0.25, 0.3) is 10.9 Å². The van der Waals surface area contributed by atoms with Gasteiger partial charge in [0, 0.05) is 24.1 Å². The minimum atomic E-state index is 0.363. The second-order valence-electron chi connectivity index (χ2n) is 5.08. The summed E-state index contributed by atoms with van der Waals surface area (Å²) in [7, 11) is 2.08. The molecule has 96 valence electrons. The number of benzene rings is 2.